The molecule has 0 saturated heterocycles. The Morgan fingerprint density at radius 3 is 2.79 bits per heavy atom. The molecular formula is C7H8N6O. The highest BCUT2D eigenvalue weighted by atomic mass is 16.1. The van der Waals surface area contributed by atoms with Crippen LogP contribution >= 0.6 is 0 Å². The molecule has 6 N–H and O–H groups in total. The van der Waals surface area contributed by atoms with E-state index in [4.69, 9.17) is 17.2 Å². The first kappa shape index (κ1) is 8.30. The molecule has 0 aliphatic heterocycles. The van der Waals surface area contributed by atoms with Gasteiger partial charge >= 0.3 is 0 Å². The van der Waals surface area contributed by atoms with E-state index in [1.807, 2.05) is 0 Å². The predicted octanol–water partition coefficient (Wildman–Crippen LogP) is -1.01. The summed E-state index contributed by atoms with van der Waals surface area (Å²) in [6.45, 7) is 0. The number of nitrogen functional groups attached to an aromatic ring is 2. The van der Waals surface area contributed by atoms with Crippen molar-refractivity contribution in [1.29, 1.82) is 0 Å². The van der Waals surface area contributed by atoms with Crippen molar-refractivity contribution >= 4 is 23.2 Å². The smallest absolute Gasteiger partial charge is 0.254 e. The fraction of sp³-hybridized carbons (Fsp3) is 0. The molecule has 1 amide bonds. The lowest BCUT2D eigenvalue weighted by Crippen LogP contribution is -2.11. The lowest BCUT2D eigenvalue weighted by molar-refractivity contribution is 0.100. The predicted molar refractivity (Wildman–Crippen MR) is 50.3 cm³/mol. The highest BCUT2D eigenvalue weighted by molar-refractivity contribution is 5.98. The molecule has 0 spiro atoms. The third-order valence-corrected chi connectivity index (χ3v) is 1.78. The van der Waals surface area contributed by atoms with Crippen molar-refractivity contribution in [3.8, 4) is 0 Å². The Bertz CT molecular complexity index is 516. The van der Waals surface area contributed by atoms with Gasteiger partial charge in [-0.2, -0.15) is 9.61 Å². The third-order valence-electron chi connectivity index (χ3n) is 1.78. The van der Waals surface area contributed by atoms with Gasteiger partial charge in [-0.05, 0) is 0 Å². The molecule has 0 radical (unpaired) electrons. The van der Waals surface area contributed by atoms with Gasteiger partial charge in [0.15, 0.2) is 5.65 Å². The Morgan fingerprint density at radius 1 is 1.43 bits per heavy atom. The molecule has 0 unspecified atom stereocenters. The molecular weight excluding hydrogens is 184 g/mol. The summed E-state index contributed by atoms with van der Waals surface area (Å²) in [6.07, 6.45) is 1.31. The summed E-state index contributed by atoms with van der Waals surface area (Å²) >= 11 is 0. The molecule has 72 valence electrons. The van der Waals surface area contributed by atoms with Crippen LogP contribution in [0.4, 0.5) is 11.6 Å². The molecule has 2 rings (SSSR count). The molecule has 0 aliphatic rings. The normalized spacial score (nSPS) is 10.6. The van der Waals surface area contributed by atoms with E-state index in [2.05, 4.69) is 10.1 Å². The first-order valence-electron chi connectivity index (χ1n) is 3.79. The summed E-state index contributed by atoms with van der Waals surface area (Å²) in [7, 11) is 0. The van der Waals surface area contributed by atoms with Crippen LogP contribution in [-0.4, -0.2) is 20.5 Å². The average Bonchev–Trinajstić information content (AvgIpc) is 2.47. The van der Waals surface area contributed by atoms with E-state index in [1.54, 1.807) is 0 Å². The lowest BCUT2D eigenvalue weighted by atomic mass is 10.3. The number of carbonyl (C=O) groups is 1. The van der Waals surface area contributed by atoms with Crippen molar-refractivity contribution in [3.05, 3.63) is 17.8 Å². The van der Waals surface area contributed by atoms with Crippen LogP contribution in [0.25, 0.3) is 5.65 Å². The van der Waals surface area contributed by atoms with Crippen molar-refractivity contribution in [2.24, 2.45) is 5.73 Å². The van der Waals surface area contributed by atoms with E-state index in [1.165, 1.54) is 16.8 Å². The number of aromatic nitrogens is 3. The third kappa shape index (κ3) is 1.03. The van der Waals surface area contributed by atoms with Crippen molar-refractivity contribution in [3.63, 3.8) is 0 Å². The number of amides is 1. The van der Waals surface area contributed by atoms with Gasteiger partial charge in [-0.1, -0.05) is 0 Å². The van der Waals surface area contributed by atoms with E-state index in [0.29, 0.717) is 5.82 Å². The van der Waals surface area contributed by atoms with Crippen LogP contribution in [0.15, 0.2) is 12.3 Å². The first-order valence-corrected chi connectivity index (χ1v) is 3.79. The Morgan fingerprint density at radius 2 is 2.14 bits per heavy atom. The SMILES string of the molecule is NC(=O)c1cnn2c(N)cc(N)nc12. The van der Waals surface area contributed by atoms with Crippen LogP contribution in [0.5, 0.6) is 0 Å². The van der Waals surface area contributed by atoms with E-state index in [-0.39, 0.29) is 17.0 Å². The van der Waals surface area contributed by atoms with Crippen molar-refractivity contribution < 1.29 is 4.79 Å². The van der Waals surface area contributed by atoms with Gasteiger partial charge in [0.25, 0.3) is 5.91 Å². The zero-order chi connectivity index (χ0) is 10.3. The molecule has 7 nitrogen and oxygen atoms in total. The van der Waals surface area contributed by atoms with Crippen LogP contribution in [0, 0.1) is 0 Å². The maximum Gasteiger partial charge on any atom is 0.254 e. The second-order valence-electron chi connectivity index (χ2n) is 2.76. The van der Waals surface area contributed by atoms with Crippen LogP contribution in [0.1, 0.15) is 10.4 Å². The highest BCUT2D eigenvalue weighted by Gasteiger charge is 2.12. The quantitative estimate of drug-likeness (QED) is 0.533. The molecule has 0 aromatic carbocycles. The summed E-state index contributed by atoms with van der Waals surface area (Å²) in [5, 5.41) is 3.85. The zero-order valence-corrected chi connectivity index (χ0v) is 7.14. The number of fused-ring (bicyclic) bond motifs is 1. The minimum Gasteiger partial charge on any atom is -0.384 e. The first-order chi connectivity index (χ1) is 6.59. The van der Waals surface area contributed by atoms with Gasteiger partial charge in [-0.15, -0.1) is 0 Å². The second-order valence-corrected chi connectivity index (χ2v) is 2.76. The molecule has 0 fully saturated rings. The molecule has 2 aromatic heterocycles. The van der Waals surface area contributed by atoms with Crippen molar-refractivity contribution in [1.82, 2.24) is 14.6 Å². The summed E-state index contributed by atoms with van der Waals surface area (Å²) in [5.41, 5.74) is 16.6. The fourth-order valence-electron chi connectivity index (χ4n) is 1.18. The molecule has 2 heterocycles. The van der Waals surface area contributed by atoms with Crippen molar-refractivity contribution in [2.75, 3.05) is 11.5 Å². The lowest BCUT2D eigenvalue weighted by Gasteiger charge is -2.00. The van der Waals surface area contributed by atoms with Gasteiger partial charge in [0.05, 0.1) is 6.20 Å². The minimum absolute atomic E-state index is 0.198. The Labute approximate surface area is 78.5 Å². The van der Waals surface area contributed by atoms with Gasteiger partial charge in [0, 0.05) is 6.07 Å². The Kier molecular flexibility index (Phi) is 1.53. The molecule has 0 bridgehead atoms. The van der Waals surface area contributed by atoms with Crippen LogP contribution in [0.3, 0.4) is 0 Å². The monoisotopic (exact) mass is 192 g/mol. The van der Waals surface area contributed by atoms with Gasteiger partial charge in [0.2, 0.25) is 0 Å². The maximum atomic E-state index is 10.9. The number of hydrogen-bond acceptors (Lipinski definition) is 5. The van der Waals surface area contributed by atoms with E-state index in [0.717, 1.165) is 0 Å². The van der Waals surface area contributed by atoms with Crippen molar-refractivity contribution in [2.45, 2.75) is 0 Å². The van der Waals surface area contributed by atoms with Crippen LogP contribution in [0.2, 0.25) is 0 Å². The number of nitrogens with two attached hydrogens (primary N) is 3. The maximum absolute atomic E-state index is 10.9. The summed E-state index contributed by atoms with van der Waals surface area (Å²) in [4.78, 5) is 14.9. The molecule has 0 atom stereocenters. The standard InChI is InChI=1S/C7H8N6O/c8-4-1-5(9)13-7(12-4)3(2-11-13)6(10)14/h1-2H,9H2,(H2,8,12)(H2,10,14). The largest absolute Gasteiger partial charge is 0.384 e. The number of primary amides is 1. The molecule has 2 aromatic rings. The van der Waals surface area contributed by atoms with E-state index < -0.39 is 5.91 Å². The fourth-order valence-corrected chi connectivity index (χ4v) is 1.18. The van der Waals surface area contributed by atoms with Gasteiger partial charge in [0.1, 0.15) is 17.2 Å². The average molecular weight is 192 g/mol. The Hall–Kier alpha value is -2.31. The number of rotatable bonds is 1. The van der Waals surface area contributed by atoms with Crippen LogP contribution in [-0.2, 0) is 0 Å². The molecule has 0 aliphatic carbocycles. The van der Waals surface area contributed by atoms with Gasteiger partial charge < -0.3 is 17.2 Å². The summed E-state index contributed by atoms with van der Waals surface area (Å²) < 4.78 is 1.30. The summed E-state index contributed by atoms with van der Waals surface area (Å²) in [6, 6.07) is 1.45. The molecule has 7 heteroatoms. The number of nitrogens with zero attached hydrogens (tertiary/aromatic N) is 3. The zero-order valence-electron chi connectivity index (χ0n) is 7.14. The topological polar surface area (TPSA) is 125 Å². The van der Waals surface area contributed by atoms with Crippen LogP contribution < -0.4 is 17.2 Å². The van der Waals surface area contributed by atoms with E-state index >= 15 is 0 Å². The van der Waals surface area contributed by atoms with Gasteiger partial charge in [-0.3, -0.25) is 4.79 Å². The second kappa shape index (κ2) is 2.59. The molecule has 14 heavy (non-hydrogen) atoms. The highest BCUT2D eigenvalue weighted by Crippen LogP contribution is 2.13. The van der Waals surface area contributed by atoms with E-state index in [9.17, 15) is 4.79 Å². The minimum atomic E-state index is -0.613. The number of anilines is 2. The number of carbonyl (C=O) groups excluding carboxylic acids is 1. The summed E-state index contributed by atoms with van der Waals surface area (Å²) in [5.74, 6) is -0.0875. The Balaban J connectivity index is 2.85. The number of hydrogen-bond donors (Lipinski definition) is 3. The molecule has 0 saturated carbocycles. The van der Waals surface area contributed by atoms with Gasteiger partial charge in [-0.25, -0.2) is 4.98 Å².